The summed E-state index contributed by atoms with van der Waals surface area (Å²) < 4.78 is 16.8. The molecule has 6 heteroatoms. The van der Waals surface area contributed by atoms with Crippen LogP contribution in [0.25, 0.3) is 0 Å². The fourth-order valence-electron chi connectivity index (χ4n) is 8.16. The normalized spacial score (nSPS) is 13.1. The molecule has 0 N–H and O–H groups in total. The Morgan fingerprint density at radius 3 is 0.831 bits per heavy atom. The third-order valence-electron chi connectivity index (χ3n) is 12.8. The van der Waals surface area contributed by atoms with Gasteiger partial charge in [0.25, 0.3) is 0 Å². The predicted octanol–water partition coefficient (Wildman–Crippen LogP) is 21.5. The molecule has 0 aromatic rings. The van der Waals surface area contributed by atoms with Gasteiger partial charge in [0.15, 0.2) is 6.10 Å². The van der Waals surface area contributed by atoms with Crippen LogP contribution in [0, 0.1) is 0 Å². The van der Waals surface area contributed by atoms with Gasteiger partial charge in [0.1, 0.15) is 13.2 Å². The number of carbonyl (C=O) groups is 3. The standard InChI is InChI=1S/C71H114O6/c1-4-7-10-13-16-19-22-24-26-27-28-29-30-31-32-33-34-35-36-37-38-39-40-41-42-43-45-46-49-52-55-58-61-64-70(73)76-67-68(66-75-69(72)63-60-57-54-51-48-21-18-15-12-9-6-3)77-71(74)65-62-59-56-53-50-47-44-25-23-20-17-14-11-8-5-2/h7-8,10-11,15-20,24-26,28-29,31-32,34-35,37-38,44,50,53,68H,4-6,9,12-14,21-23,27,30,33,36,39-43,45-49,51-52,54-67H2,1-3H3/b10-7-,11-8-,18-15-,19-16-,20-17-,26-24-,29-28-,32-31-,35-34-,38-37-,44-25-,53-50-. The molecule has 0 fully saturated rings. The Labute approximate surface area is 474 Å². The number of carbonyl (C=O) groups excluding carboxylic acids is 3. The van der Waals surface area contributed by atoms with Crippen LogP contribution in [0.15, 0.2) is 146 Å². The highest BCUT2D eigenvalue weighted by Gasteiger charge is 2.19. The molecule has 0 aliphatic carbocycles. The van der Waals surface area contributed by atoms with Crippen molar-refractivity contribution in [3.8, 4) is 0 Å². The summed E-state index contributed by atoms with van der Waals surface area (Å²) in [6.07, 6.45) is 91.5. The molecule has 0 aliphatic rings. The van der Waals surface area contributed by atoms with E-state index in [-0.39, 0.29) is 37.5 Å². The second-order valence-corrected chi connectivity index (χ2v) is 20.2. The monoisotopic (exact) mass is 1060 g/mol. The molecule has 0 aromatic heterocycles. The number of unbranched alkanes of at least 4 members (excludes halogenated alkanes) is 20. The van der Waals surface area contributed by atoms with Crippen molar-refractivity contribution in [1.29, 1.82) is 0 Å². The first kappa shape index (κ1) is 72.3. The van der Waals surface area contributed by atoms with Gasteiger partial charge in [-0.1, -0.05) is 256 Å². The second kappa shape index (κ2) is 63.8. The molecule has 0 aromatic carbocycles. The molecule has 434 valence electrons. The molecule has 0 amide bonds. The van der Waals surface area contributed by atoms with Gasteiger partial charge in [-0.05, 0) is 135 Å². The number of allylic oxidation sites excluding steroid dienone is 24. The van der Waals surface area contributed by atoms with Crippen molar-refractivity contribution in [2.45, 2.75) is 271 Å². The van der Waals surface area contributed by atoms with Crippen LogP contribution >= 0.6 is 0 Å². The maximum Gasteiger partial charge on any atom is 0.306 e. The summed E-state index contributed by atoms with van der Waals surface area (Å²) in [5, 5.41) is 0. The Bertz CT molecular complexity index is 1700. The first-order valence-corrected chi connectivity index (χ1v) is 31.3. The van der Waals surface area contributed by atoms with E-state index in [4.69, 9.17) is 14.2 Å². The van der Waals surface area contributed by atoms with Crippen molar-refractivity contribution >= 4 is 17.9 Å². The molecular formula is C71H114O6. The van der Waals surface area contributed by atoms with Crippen LogP contribution in [0.4, 0.5) is 0 Å². The van der Waals surface area contributed by atoms with Gasteiger partial charge in [-0.25, -0.2) is 0 Å². The highest BCUT2D eigenvalue weighted by molar-refractivity contribution is 5.71. The third kappa shape index (κ3) is 62.0. The zero-order valence-corrected chi connectivity index (χ0v) is 49.7. The summed E-state index contributed by atoms with van der Waals surface area (Å²) in [7, 11) is 0. The van der Waals surface area contributed by atoms with Crippen molar-refractivity contribution in [2.75, 3.05) is 13.2 Å². The van der Waals surface area contributed by atoms with Crippen LogP contribution in [-0.4, -0.2) is 37.2 Å². The fraction of sp³-hybridized carbons (Fsp3) is 0.620. The van der Waals surface area contributed by atoms with Gasteiger partial charge in [0.2, 0.25) is 0 Å². The minimum absolute atomic E-state index is 0.103. The highest BCUT2D eigenvalue weighted by Crippen LogP contribution is 2.15. The fourth-order valence-corrected chi connectivity index (χ4v) is 8.16. The van der Waals surface area contributed by atoms with E-state index in [2.05, 4.69) is 167 Å². The number of rotatable bonds is 55. The van der Waals surface area contributed by atoms with Gasteiger partial charge in [0.05, 0.1) is 0 Å². The molecule has 77 heavy (non-hydrogen) atoms. The smallest absolute Gasteiger partial charge is 0.306 e. The quantitative estimate of drug-likeness (QED) is 0.0261. The van der Waals surface area contributed by atoms with E-state index < -0.39 is 6.10 Å². The first-order chi connectivity index (χ1) is 38.0. The zero-order valence-electron chi connectivity index (χ0n) is 49.7. The van der Waals surface area contributed by atoms with E-state index >= 15 is 0 Å². The Balaban J connectivity index is 4.24. The molecule has 0 aliphatic heterocycles. The summed E-state index contributed by atoms with van der Waals surface area (Å²) in [5.41, 5.74) is 0. The molecule has 0 bridgehead atoms. The Kier molecular flexibility index (Phi) is 59.9. The van der Waals surface area contributed by atoms with E-state index in [1.807, 2.05) is 0 Å². The van der Waals surface area contributed by atoms with Gasteiger partial charge >= 0.3 is 17.9 Å². The summed E-state index contributed by atoms with van der Waals surface area (Å²) in [6, 6.07) is 0. The second-order valence-electron chi connectivity index (χ2n) is 20.2. The molecule has 6 nitrogen and oxygen atoms in total. The number of hydrogen-bond donors (Lipinski definition) is 0. The number of ether oxygens (including phenoxy) is 3. The molecule has 0 rings (SSSR count). The lowest BCUT2D eigenvalue weighted by atomic mass is 10.0. The van der Waals surface area contributed by atoms with Gasteiger partial charge in [0, 0.05) is 19.3 Å². The van der Waals surface area contributed by atoms with Crippen molar-refractivity contribution < 1.29 is 28.6 Å². The SMILES string of the molecule is CC/C=C\C/C=C\C/C=C\C/C=C\C/C=C\C/C=C\C/C=C\CCCCCCCCCCCCCC(=O)OCC(COC(=O)CCCCCCC/C=C\CCCC)OC(=O)CCCC/C=C\C/C=C\C/C=C\C/C=C\CC. The highest BCUT2D eigenvalue weighted by atomic mass is 16.6. The van der Waals surface area contributed by atoms with E-state index in [9.17, 15) is 14.4 Å². The van der Waals surface area contributed by atoms with E-state index in [0.717, 1.165) is 135 Å². The van der Waals surface area contributed by atoms with Gasteiger partial charge < -0.3 is 14.2 Å². The van der Waals surface area contributed by atoms with Crippen LogP contribution in [0.5, 0.6) is 0 Å². The zero-order chi connectivity index (χ0) is 55.7. The minimum Gasteiger partial charge on any atom is -0.462 e. The van der Waals surface area contributed by atoms with Crippen LogP contribution in [0.2, 0.25) is 0 Å². The molecule has 0 heterocycles. The Morgan fingerprint density at radius 1 is 0.273 bits per heavy atom. The lowest BCUT2D eigenvalue weighted by Gasteiger charge is -2.18. The van der Waals surface area contributed by atoms with Gasteiger partial charge in [-0.2, -0.15) is 0 Å². The molecule has 0 saturated heterocycles. The van der Waals surface area contributed by atoms with Crippen molar-refractivity contribution in [3.05, 3.63) is 146 Å². The molecule has 0 spiro atoms. The predicted molar refractivity (Wildman–Crippen MR) is 334 cm³/mol. The van der Waals surface area contributed by atoms with Gasteiger partial charge in [-0.3, -0.25) is 14.4 Å². The summed E-state index contributed by atoms with van der Waals surface area (Å²) in [4.78, 5) is 38.1. The third-order valence-corrected chi connectivity index (χ3v) is 12.8. The Morgan fingerprint density at radius 2 is 0.506 bits per heavy atom. The maximum absolute atomic E-state index is 12.8. The van der Waals surface area contributed by atoms with E-state index in [1.165, 1.54) is 83.5 Å². The molecule has 0 saturated carbocycles. The largest absolute Gasteiger partial charge is 0.462 e. The van der Waals surface area contributed by atoms with Crippen LogP contribution in [0.3, 0.4) is 0 Å². The molecule has 1 unspecified atom stereocenters. The van der Waals surface area contributed by atoms with Crippen molar-refractivity contribution in [2.24, 2.45) is 0 Å². The van der Waals surface area contributed by atoms with Crippen molar-refractivity contribution in [1.82, 2.24) is 0 Å². The summed E-state index contributed by atoms with van der Waals surface area (Å²) in [6.45, 7) is 6.32. The molecular weight excluding hydrogens is 949 g/mol. The van der Waals surface area contributed by atoms with Crippen LogP contribution < -0.4 is 0 Å². The van der Waals surface area contributed by atoms with Gasteiger partial charge in [-0.15, -0.1) is 0 Å². The van der Waals surface area contributed by atoms with E-state index in [0.29, 0.717) is 19.3 Å². The van der Waals surface area contributed by atoms with Crippen LogP contribution in [0.1, 0.15) is 265 Å². The molecule has 1 atom stereocenters. The van der Waals surface area contributed by atoms with Crippen LogP contribution in [-0.2, 0) is 28.6 Å². The average molecular weight is 1060 g/mol. The number of hydrogen-bond acceptors (Lipinski definition) is 6. The number of esters is 3. The van der Waals surface area contributed by atoms with E-state index in [1.54, 1.807) is 0 Å². The first-order valence-electron chi connectivity index (χ1n) is 31.3. The lowest BCUT2D eigenvalue weighted by molar-refractivity contribution is -0.167. The van der Waals surface area contributed by atoms with Crippen molar-refractivity contribution in [3.63, 3.8) is 0 Å². The summed E-state index contributed by atoms with van der Waals surface area (Å²) >= 11 is 0. The Hall–Kier alpha value is -4.71. The maximum atomic E-state index is 12.8. The topological polar surface area (TPSA) is 78.9 Å². The molecule has 0 radical (unpaired) electrons. The summed E-state index contributed by atoms with van der Waals surface area (Å²) in [5.74, 6) is -0.961. The minimum atomic E-state index is -0.809. The average Bonchev–Trinajstić information content (AvgIpc) is 3.43. The lowest BCUT2D eigenvalue weighted by Crippen LogP contribution is -2.30.